The lowest BCUT2D eigenvalue weighted by Gasteiger charge is -2.10. The minimum absolute atomic E-state index is 0.0715. The Morgan fingerprint density at radius 3 is 2.50 bits per heavy atom. The van der Waals surface area contributed by atoms with Gasteiger partial charge in [-0.1, -0.05) is 0 Å². The molecule has 0 aliphatic rings. The van der Waals surface area contributed by atoms with Crippen LogP contribution in [0.4, 0.5) is 0 Å². The summed E-state index contributed by atoms with van der Waals surface area (Å²) in [5.41, 5.74) is 0.691. The third-order valence-electron chi connectivity index (χ3n) is 2.32. The highest BCUT2D eigenvalue weighted by atomic mass is 16.5. The fourth-order valence-corrected chi connectivity index (χ4v) is 1.47. The maximum absolute atomic E-state index is 11.8. The molecule has 18 heavy (non-hydrogen) atoms. The van der Waals surface area contributed by atoms with Crippen LogP contribution in [0.5, 0.6) is 5.75 Å². The van der Waals surface area contributed by atoms with Gasteiger partial charge in [0.05, 0.1) is 19.3 Å². The summed E-state index contributed by atoms with van der Waals surface area (Å²) in [6.07, 6.45) is 0.141. The lowest BCUT2D eigenvalue weighted by Crippen LogP contribution is -2.26. The highest BCUT2D eigenvalue weighted by Gasteiger charge is 2.05. The summed E-state index contributed by atoms with van der Waals surface area (Å²) in [5.74, 6) is 0.857. The first kappa shape index (κ1) is 14.7. The Morgan fingerprint density at radius 2 is 1.94 bits per heavy atom. The molecule has 0 aliphatic heterocycles. The van der Waals surface area contributed by atoms with E-state index in [4.69, 9.17) is 9.47 Å². The molecular formula is C14H21NO3. The molecule has 1 N–H and O–H groups in total. The lowest BCUT2D eigenvalue weighted by molar-refractivity contribution is 0.0987. The molecule has 4 nitrogen and oxygen atoms in total. The van der Waals surface area contributed by atoms with Crippen LogP contribution in [0, 0.1) is 0 Å². The Hall–Kier alpha value is -1.39. The second-order valence-electron chi connectivity index (χ2n) is 4.28. The quantitative estimate of drug-likeness (QED) is 0.566. The highest BCUT2D eigenvalue weighted by Crippen LogP contribution is 2.13. The molecule has 0 aromatic heterocycles. The topological polar surface area (TPSA) is 47.6 Å². The van der Waals surface area contributed by atoms with Crippen molar-refractivity contribution in [2.24, 2.45) is 0 Å². The van der Waals surface area contributed by atoms with Crippen LogP contribution in [-0.2, 0) is 4.74 Å². The molecule has 0 spiro atoms. The second-order valence-corrected chi connectivity index (χ2v) is 4.28. The fraction of sp³-hybridized carbons (Fsp3) is 0.500. The van der Waals surface area contributed by atoms with Crippen LogP contribution < -0.4 is 10.1 Å². The van der Waals surface area contributed by atoms with Gasteiger partial charge in [-0.15, -0.1) is 0 Å². The van der Waals surface area contributed by atoms with Crippen LogP contribution in [0.1, 0.15) is 24.2 Å². The van der Waals surface area contributed by atoms with Crippen molar-refractivity contribution in [3.05, 3.63) is 29.8 Å². The van der Waals surface area contributed by atoms with Gasteiger partial charge >= 0.3 is 0 Å². The van der Waals surface area contributed by atoms with Gasteiger partial charge in [-0.05, 0) is 38.1 Å². The second kappa shape index (κ2) is 7.84. The first-order chi connectivity index (χ1) is 8.63. The molecule has 0 heterocycles. The zero-order valence-electron chi connectivity index (χ0n) is 11.2. The number of carbonyl (C=O) groups is 1. The van der Waals surface area contributed by atoms with E-state index in [1.54, 1.807) is 19.2 Å². The van der Waals surface area contributed by atoms with Gasteiger partial charge in [0.15, 0.2) is 5.78 Å². The molecule has 1 rings (SSSR count). The molecule has 0 saturated carbocycles. The van der Waals surface area contributed by atoms with Gasteiger partial charge in [0.25, 0.3) is 0 Å². The van der Waals surface area contributed by atoms with Crippen LogP contribution in [0.25, 0.3) is 0 Å². The average molecular weight is 251 g/mol. The van der Waals surface area contributed by atoms with Gasteiger partial charge in [0, 0.05) is 19.2 Å². The van der Waals surface area contributed by atoms with Crippen molar-refractivity contribution in [3.63, 3.8) is 0 Å². The Labute approximate surface area is 108 Å². The number of methoxy groups -OCH3 is 1. The van der Waals surface area contributed by atoms with Crippen LogP contribution >= 0.6 is 0 Å². The van der Waals surface area contributed by atoms with E-state index in [1.165, 1.54) is 0 Å². The van der Waals surface area contributed by atoms with Crippen molar-refractivity contribution in [1.82, 2.24) is 5.32 Å². The number of ketones is 1. The van der Waals surface area contributed by atoms with Gasteiger partial charge in [-0.3, -0.25) is 4.79 Å². The van der Waals surface area contributed by atoms with Gasteiger partial charge in [-0.25, -0.2) is 0 Å². The van der Waals surface area contributed by atoms with E-state index in [0.717, 1.165) is 5.75 Å². The number of hydrogen-bond donors (Lipinski definition) is 1. The molecule has 0 amide bonds. The molecule has 0 fully saturated rings. The third kappa shape index (κ3) is 5.29. The zero-order valence-corrected chi connectivity index (χ0v) is 11.2. The lowest BCUT2D eigenvalue weighted by atomic mass is 10.1. The SMILES string of the molecule is COCCNCC(=O)c1ccc(OC(C)C)cc1. The van der Waals surface area contributed by atoms with Crippen molar-refractivity contribution in [2.45, 2.75) is 20.0 Å². The standard InChI is InChI=1S/C14H21NO3/c1-11(2)18-13-6-4-12(5-7-13)14(16)10-15-8-9-17-3/h4-7,11,15H,8-10H2,1-3H3. The molecule has 4 heteroatoms. The number of benzene rings is 1. The van der Waals surface area contributed by atoms with Crippen LogP contribution in [-0.4, -0.2) is 38.7 Å². The summed E-state index contributed by atoms with van der Waals surface area (Å²) >= 11 is 0. The molecule has 1 aromatic carbocycles. The number of carbonyl (C=O) groups excluding carboxylic acids is 1. The minimum Gasteiger partial charge on any atom is -0.491 e. The van der Waals surface area contributed by atoms with Crippen molar-refractivity contribution < 1.29 is 14.3 Å². The largest absolute Gasteiger partial charge is 0.491 e. The van der Waals surface area contributed by atoms with Crippen LogP contribution in [0.3, 0.4) is 0 Å². The Morgan fingerprint density at radius 1 is 1.28 bits per heavy atom. The van der Waals surface area contributed by atoms with E-state index in [9.17, 15) is 4.79 Å². The summed E-state index contributed by atoms with van der Waals surface area (Å²) in [6.45, 7) is 5.55. The summed E-state index contributed by atoms with van der Waals surface area (Å²) in [7, 11) is 1.64. The number of nitrogens with one attached hydrogen (secondary N) is 1. The summed E-state index contributed by atoms with van der Waals surface area (Å²) in [5, 5.41) is 3.03. The monoisotopic (exact) mass is 251 g/mol. The predicted octanol–water partition coefficient (Wildman–Crippen LogP) is 1.89. The Balaban J connectivity index is 2.43. The molecule has 0 radical (unpaired) electrons. The molecule has 0 aliphatic carbocycles. The maximum Gasteiger partial charge on any atom is 0.176 e. The normalized spacial score (nSPS) is 10.7. The summed E-state index contributed by atoms with van der Waals surface area (Å²) in [4.78, 5) is 11.8. The highest BCUT2D eigenvalue weighted by molar-refractivity contribution is 5.97. The van der Waals surface area contributed by atoms with Crippen molar-refractivity contribution in [1.29, 1.82) is 0 Å². The first-order valence-corrected chi connectivity index (χ1v) is 6.13. The van der Waals surface area contributed by atoms with Gasteiger partial charge < -0.3 is 14.8 Å². The van der Waals surface area contributed by atoms with E-state index >= 15 is 0 Å². The minimum atomic E-state index is 0.0715. The molecular weight excluding hydrogens is 230 g/mol. The van der Waals surface area contributed by atoms with Crippen molar-refractivity contribution in [3.8, 4) is 5.75 Å². The third-order valence-corrected chi connectivity index (χ3v) is 2.32. The number of ether oxygens (including phenoxy) is 2. The first-order valence-electron chi connectivity index (χ1n) is 6.13. The van der Waals surface area contributed by atoms with Crippen molar-refractivity contribution in [2.75, 3.05) is 26.8 Å². The summed E-state index contributed by atoms with van der Waals surface area (Å²) < 4.78 is 10.4. The average Bonchev–Trinajstić information content (AvgIpc) is 2.34. The van der Waals surface area contributed by atoms with Gasteiger partial charge in [0.2, 0.25) is 0 Å². The molecule has 0 saturated heterocycles. The zero-order chi connectivity index (χ0) is 13.4. The Bertz CT molecular complexity index is 360. The molecule has 100 valence electrons. The molecule has 0 unspecified atom stereocenters. The van der Waals surface area contributed by atoms with E-state index in [0.29, 0.717) is 25.3 Å². The van der Waals surface area contributed by atoms with Crippen LogP contribution in [0.2, 0.25) is 0 Å². The molecule has 0 bridgehead atoms. The smallest absolute Gasteiger partial charge is 0.176 e. The number of hydrogen-bond acceptors (Lipinski definition) is 4. The molecule has 1 aromatic rings. The number of rotatable bonds is 8. The summed E-state index contributed by atoms with van der Waals surface area (Å²) in [6, 6.07) is 7.22. The van der Waals surface area contributed by atoms with Gasteiger partial charge in [-0.2, -0.15) is 0 Å². The van der Waals surface area contributed by atoms with Gasteiger partial charge in [0.1, 0.15) is 5.75 Å². The van der Waals surface area contributed by atoms with E-state index in [-0.39, 0.29) is 11.9 Å². The molecule has 0 atom stereocenters. The van der Waals surface area contributed by atoms with Crippen LogP contribution in [0.15, 0.2) is 24.3 Å². The van der Waals surface area contributed by atoms with E-state index in [2.05, 4.69) is 5.32 Å². The Kier molecular flexibility index (Phi) is 6.39. The van der Waals surface area contributed by atoms with E-state index in [1.807, 2.05) is 26.0 Å². The number of Topliss-reactive ketones (excluding diaryl/α,β-unsaturated/α-hetero) is 1. The maximum atomic E-state index is 11.8. The predicted molar refractivity (Wildman–Crippen MR) is 71.3 cm³/mol. The van der Waals surface area contributed by atoms with Crippen molar-refractivity contribution >= 4 is 5.78 Å². The fourth-order valence-electron chi connectivity index (χ4n) is 1.47. The van der Waals surface area contributed by atoms with E-state index < -0.39 is 0 Å².